The van der Waals surface area contributed by atoms with E-state index in [9.17, 15) is 0 Å². The lowest BCUT2D eigenvalue weighted by molar-refractivity contribution is 0.241. The number of fused-ring (bicyclic) bond motifs is 1. The Bertz CT molecular complexity index is 506. The van der Waals surface area contributed by atoms with E-state index in [2.05, 4.69) is 27.9 Å². The largest absolute Gasteiger partial charge is 0.395 e. The van der Waals surface area contributed by atoms with Gasteiger partial charge < -0.3 is 15.0 Å². The summed E-state index contributed by atoms with van der Waals surface area (Å²) >= 11 is 0. The van der Waals surface area contributed by atoms with E-state index in [0.717, 1.165) is 16.9 Å². The van der Waals surface area contributed by atoms with Crippen LogP contribution in [0.3, 0.4) is 0 Å². The number of imidazole rings is 1. The van der Waals surface area contributed by atoms with Crippen molar-refractivity contribution in [3.05, 3.63) is 30.1 Å². The van der Waals surface area contributed by atoms with E-state index >= 15 is 0 Å². The van der Waals surface area contributed by atoms with Crippen LogP contribution in [0.1, 0.15) is 25.7 Å². The second-order valence-corrected chi connectivity index (χ2v) is 4.49. The molecule has 2 rings (SSSR count). The Hall–Kier alpha value is -1.39. The highest BCUT2D eigenvalue weighted by Crippen LogP contribution is 2.19. The highest BCUT2D eigenvalue weighted by molar-refractivity contribution is 5.75. The summed E-state index contributed by atoms with van der Waals surface area (Å²) in [5.74, 6) is 0.992. The predicted molar refractivity (Wildman–Crippen MR) is 68.8 cm³/mol. The lowest BCUT2D eigenvalue weighted by Gasteiger charge is -2.17. The number of aliphatic hydroxyl groups excluding tert-OH is 1. The molecule has 0 fully saturated rings. The van der Waals surface area contributed by atoms with E-state index < -0.39 is 0 Å². The van der Waals surface area contributed by atoms with Gasteiger partial charge in [0.05, 0.1) is 23.7 Å². The molecule has 0 spiro atoms. The lowest BCUT2D eigenvalue weighted by Crippen LogP contribution is -2.32. The number of aryl methyl sites for hydroxylation is 1. The minimum absolute atomic E-state index is 0.0739. The van der Waals surface area contributed by atoms with Gasteiger partial charge in [0, 0.05) is 13.1 Å². The minimum atomic E-state index is 0.0739. The van der Waals surface area contributed by atoms with Gasteiger partial charge in [-0.2, -0.15) is 0 Å². The van der Waals surface area contributed by atoms with Gasteiger partial charge in [0.25, 0.3) is 0 Å². The zero-order chi connectivity index (χ0) is 12.4. The van der Waals surface area contributed by atoms with Gasteiger partial charge in [-0.3, -0.25) is 0 Å². The highest BCUT2D eigenvalue weighted by atomic mass is 16.3. The average molecular weight is 233 g/mol. The number of aliphatic hydroxyl groups is 1. The lowest BCUT2D eigenvalue weighted by atomic mass is 10.2. The van der Waals surface area contributed by atoms with Crippen molar-refractivity contribution in [2.24, 2.45) is 7.05 Å². The molecule has 0 saturated carbocycles. The van der Waals surface area contributed by atoms with Gasteiger partial charge in [-0.05, 0) is 26.0 Å². The molecule has 0 radical (unpaired) electrons. The first-order chi connectivity index (χ1) is 8.13. The van der Waals surface area contributed by atoms with Crippen LogP contribution in [0.25, 0.3) is 11.0 Å². The summed E-state index contributed by atoms with van der Waals surface area (Å²) in [5, 5.41) is 12.4. The SMILES string of the molecule is CC(CO)NC(C)c1nc2ccccc2n1C. The first-order valence-electron chi connectivity index (χ1n) is 5.91. The van der Waals surface area contributed by atoms with Gasteiger partial charge in [-0.15, -0.1) is 0 Å². The summed E-state index contributed by atoms with van der Waals surface area (Å²) in [6.45, 7) is 4.15. The number of para-hydroxylation sites is 2. The molecule has 4 heteroatoms. The zero-order valence-corrected chi connectivity index (χ0v) is 10.5. The number of nitrogens with zero attached hydrogens (tertiary/aromatic N) is 2. The summed E-state index contributed by atoms with van der Waals surface area (Å²) in [5.41, 5.74) is 2.14. The molecule has 1 aromatic carbocycles. The van der Waals surface area contributed by atoms with E-state index in [4.69, 9.17) is 5.11 Å². The molecule has 2 N–H and O–H groups in total. The fourth-order valence-corrected chi connectivity index (χ4v) is 2.11. The third kappa shape index (κ3) is 2.33. The van der Waals surface area contributed by atoms with Crippen molar-refractivity contribution < 1.29 is 5.11 Å². The van der Waals surface area contributed by atoms with Gasteiger partial charge in [-0.25, -0.2) is 4.98 Å². The van der Waals surface area contributed by atoms with Crippen molar-refractivity contribution in [3.8, 4) is 0 Å². The number of aromatic nitrogens is 2. The molecule has 0 aliphatic carbocycles. The molecule has 0 saturated heterocycles. The monoisotopic (exact) mass is 233 g/mol. The van der Waals surface area contributed by atoms with Crippen molar-refractivity contribution >= 4 is 11.0 Å². The van der Waals surface area contributed by atoms with Crippen LogP contribution in [0.4, 0.5) is 0 Å². The van der Waals surface area contributed by atoms with Crippen molar-refractivity contribution in [1.29, 1.82) is 0 Å². The third-order valence-corrected chi connectivity index (χ3v) is 3.02. The molecule has 2 atom stereocenters. The molecule has 0 aliphatic rings. The van der Waals surface area contributed by atoms with Gasteiger partial charge >= 0.3 is 0 Å². The van der Waals surface area contributed by atoms with Crippen molar-refractivity contribution in [1.82, 2.24) is 14.9 Å². The molecule has 2 unspecified atom stereocenters. The number of nitrogens with one attached hydrogen (secondary N) is 1. The minimum Gasteiger partial charge on any atom is -0.395 e. The van der Waals surface area contributed by atoms with E-state index in [1.54, 1.807) is 0 Å². The van der Waals surface area contributed by atoms with Crippen LogP contribution in [0, 0.1) is 0 Å². The molecular weight excluding hydrogens is 214 g/mol. The molecule has 0 amide bonds. The quantitative estimate of drug-likeness (QED) is 0.843. The molecule has 0 bridgehead atoms. The maximum absolute atomic E-state index is 9.05. The number of hydrogen-bond donors (Lipinski definition) is 2. The Morgan fingerprint density at radius 3 is 2.71 bits per heavy atom. The van der Waals surface area contributed by atoms with E-state index in [-0.39, 0.29) is 18.7 Å². The molecule has 92 valence electrons. The van der Waals surface area contributed by atoms with Crippen LogP contribution < -0.4 is 5.32 Å². The Kier molecular flexibility index (Phi) is 3.45. The molecule has 4 nitrogen and oxygen atoms in total. The third-order valence-electron chi connectivity index (χ3n) is 3.02. The van der Waals surface area contributed by atoms with Crippen LogP contribution >= 0.6 is 0 Å². The average Bonchev–Trinajstić information content (AvgIpc) is 2.67. The number of hydrogen-bond acceptors (Lipinski definition) is 3. The predicted octanol–water partition coefficient (Wildman–Crippen LogP) is 1.60. The standard InChI is InChI=1S/C13H19N3O/c1-9(8-17)14-10(2)13-15-11-6-4-5-7-12(11)16(13)3/h4-7,9-10,14,17H,8H2,1-3H3. The second-order valence-electron chi connectivity index (χ2n) is 4.49. The van der Waals surface area contributed by atoms with Crippen LogP contribution in [0.5, 0.6) is 0 Å². The topological polar surface area (TPSA) is 50.1 Å². The Labute approximate surface area is 101 Å². The van der Waals surface area contributed by atoms with Crippen molar-refractivity contribution in [2.45, 2.75) is 25.9 Å². The summed E-state index contributed by atoms with van der Waals surface area (Å²) in [4.78, 5) is 4.62. The van der Waals surface area contributed by atoms with Crippen LogP contribution in [0.2, 0.25) is 0 Å². The Morgan fingerprint density at radius 2 is 2.06 bits per heavy atom. The van der Waals surface area contributed by atoms with Gasteiger partial charge in [0.15, 0.2) is 0 Å². The molecule has 17 heavy (non-hydrogen) atoms. The zero-order valence-electron chi connectivity index (χ0n) is 10.5. The van der Waals surface area contributed by atoms with Crippen LogP contribution in [-0.4, -0.2) is 27.3 Å². The fraction of sp³-hybridized carbons (Fsp3) is 0.462. The van der Waals surface area contributed by atoms with E-state index in [1.807, 2.05) is 32.2 Å². The van der Waals surface area contributed by atoms with Gasteiger partial charge in [-0.1, -0.05) is 12.1 Å². The fourth-order valence-electron chi connectivity index (χ4n) is 2.11. The van der Waals surface area contributed by atoms with Crippen molar-refractivity contribution in [3.63, 3.8) is 0 Å². The molecular formula is C13H19N3O. The molecule has 2 aromatic rings. The molecule has 1 aromatic heterocycles. The van der Waals surface area contributed by atoms with Crippen LogP contribution in [-0.2, 0) is 7.05 Å². The molecule has 1 heterocycles. The summed E-state index contributed by atoms with van der Waals surface area (Å²) < 4.78 is 2.09. The Morgan fingerprint density at radius 1 is 1.35 bits per heavy atom. The normalized spacial score (nSPS) is 15.1. The highest BCUT2D eigenvalue weighted by Gasteiger charge is 2.15. The summed E-state index contributed by atoms with van der Waals surface area (Å²) in [7, 11) is 2.02. The summed E-state index contributed by atoms with van der Waals surface area (Å²) in [6, 6.07) is 8.28. The Balaban J connectivity index is 2.32. The van der Waals surface area contributed by atoms with Gasteiger partial charge in [0.2, 0.25) is 0 Å². The summed E-state index contributed by atoms with van der Waals surface area (Å²) in [6.07, 6.45) is 0. The smallest absolute Gasteiger partial charge is 0.126 e. The first kappa shape index (κ1) is 12.1. The maximum Gasteiger partial charge on any atom is 0.126 e. The number of benzene rings is 1. The van der Waals surface area contributed by atoms with Gasteiger partial charge in [0.1, 0.15) is 5.82 Å². The van der Waals surface area contributed by atoms with Crippen LogP contribution in [0.15, 0.2) is 24.3 Å². The van der Waals surface area contributed by atoms with E-state index in [0.29, 0.717) is 0 Å². The number of rotatable bonds is 4. The van der Waals surface area contributed by atoms with Crippen molar-refractivity contribution in [2.75, 3.05) is 6.61 Å². The maximum atomic E-state index is 9.05. The second kappa shape index (κ2) is 4.85. The van der Waals surface area contributed by atoms with E-state index in [1.165, 1.54) is 0 Å². The first-order valence-corrected chi connectivity index (χ1v) is 5.91. The molecule has 0 aliphatic heterocycles.